The Labute approximate surface area is 108 Å². The van der Waals surface area contributed by atoms with E-state index in [1.165, 1.54) is 45.3 Å². The van der Waals surface area contributed by atoms with Gasteiger partial charge < -0.3 is 0 Å². The van der Waals surface area contributed by atoms with Gasteiger partial charge in [-0.1, -0.05) is 13.3 Å². The van der Waals surface area contributed by atoms with Gasteiger partial charge in [-0.25, -0.2) is 0 Å². The smallest absolute Gasteiger partial charge is 0.0223 e. The number of piperidine rings is 1. The van der Waals surface area contributed by atoms with Crippen molar-refractivity contribution in [3.63, 3.8) is 0 Å². The van der Waals surface area contributed by atoms with E-state index in [1.54, 1.807) is 0 Å². The highest BCUT2D eigenvalue weighted by Gasteiger charge is 2.25. The summed E-state index contributed by atoms with van der Waals surface area (Å²) in [4.78, 5) is 5.37. The van der Waals surface area contributed by atoms with Gasteiger partial charge in [0.05, 0.1) is 0 Å². The normalized spacial score (nSPS) is 22.9. The number of hydrogen-bond acceptors (Lipinski definition) is 2. The van der Waals surface area contributed by atoms with Crippen LogP contribution in [0.3, 0.4) is 0 Å². The van der Waals surface area contributed by atoms with Crippen LogP contribution in [0.2, 0.25) is 0 Å². The molecule has 0 aliphatic carbocycles. The van der Waals surface area contributed by atoms with Crippen LogP contribution < -0.4 is 0 Å². The maximum absolute atomic E-state index is 2.72. The Bertz CT molecular complexity index is 191. The maximum Gasteiger partial charge on any atom is 0.0223 e. The molecule has 0 radical (unpaired) electrons. The predicted molar refractivity (Wildman–Crippen MR) is 76.5 cm³/mol. The van der Waals surface area contributed by atoms with Crippen LogP contribution in [0.1, 0.15) is 60.3 Å². The van der Waals surface area contributed by atoms with Crippen molar-refractivity contribution in [3.05, 3.63) is 0 Å². The van der Waals surface area contributed by atoms with E-state index >= 15 is 0 Å². The summed E-state index contributed by atoms with van der Waals surface area (Å²) in [6, 6.07) is 2.13. The van der Waals surface area contributed by atoms with E-state index in [0.29, 0.717) is 12.1 Å². The second kappa shape index (κ2) is 7.38. The summed E-state index contributed by atoms with van der Waals surface area (Å²) in [6.45, 7) is 15.5. The lowest BCUT2D eigenvalue weighted by Crippen LogP contribution is -2.50. The fraction of sp³-hybridized carbons (Fsp3) is 1.00. The van der Waals surface area contributed by atoms with Crippen molar-refractivity contribution in [1.82, 2.24) is 9.80 Å². The van der Waals surface area contributed by atoms with Crippen molar-refractivity contribution in [3.8, 4) is 0 Å². The predicted octanol–water partition coefficient (Wildman–Crippen LogP) is 3.37. The van der Waals surface area contributed by atoms with Crippen molar-refractivity contribution in [2.24, 2.45) is 0 Å². The highest BCUT2D eigenvalue weighted by molar-refractivity contribution is 4.82. The van der Waals surface area contributed by atoms with Gasteiger partial charge in [-0.2, -0.15) is 0 Å². The molecule has 0 aromatic rings. The first-order chi connectivity index (χ1) is 8.06. The molecule has 1 aliphatic rings. The van der Waals surface area contributed by atoms with Gasteiger partial charge in [0, 0.05) is 24.7 Å². The molecule has 1 aliphatic heterocycles. The number of rotatable bonds is 6. The fourth-order valence-corrected chi connectivity index (χ4v) is 3.11. The lowest BCUT2D eigenvalue weighted by molar-refractivity contribution is 0.0747. The molecule has 1 heterocycles. The first kappa shape index (κ1) is 15.0. The molecule has 1 fully saturated rings. The molecule has 0 bridgehead atoms. The number of hydrogen-bond donors (Lipinski definition) is 0. The third-order valence-electron chi connectivity index (χ3n) is 4.01. The Morgan fingerprint density at radius 1 is 1.12 bits per heavy atom. The Kier molecular flexibility index (Phi) is 6.50. The summed E-state index contributed by atoms with van der Waals surface area (Å²) in [5, 5.41) is 0. The summed E-state index contributed by atoms with van der Waals surface area (Å²) < 4.78 is 0. The second-order valence-electron chi connectivity index (χ2n) is 6.07. The van der Waals surface area contributed by atoms with Crippen LogP contribution in [0, 0.1) is 0 Å². The van der Waals surface area contributed by atoms with Crippen LogP contribution in [-0.2, 0) is 0 Å². The second-order valence-corrected chi connectivity index (χ2v) is 6.07. The van der Waals surface area contributed by atoms with Gasteiger partial charge in [-0.15, -0.1) is 0 Å². The number of nitrogens with zero attached hydrogens (tertiary/aromatic N) is 2. The average Bonchev–Trinajstić information content (AvgIpc) is 2.27. The molecule has 2 heteroatoms. The van der Waals surface area contributed by atoms with E-state index < -0.39 is 0 Å². The molecule has 0 N–H and O–H groups in total. The fourth-order valence-electron chi connectivity index (χ4n) is 3.11. The molecular formula is C15H32N2. The zero-order chi connectivity index (χ0) is 12.8. The monoisotopic (exact) mass is 240 g/mol. The summed E-state index contributed by atoms with van der Waals surface area (Å²) in [6.07, 6.45) is 5.52. The van der Waals surface area contributed by atoms with Crippen molar-refractivity contribution in [2.75, 3.05) is 19.6 Å². The molecule has 1 rings (SSSR count). The summed E-state index contributed by atoms with van der Waals surface area (Å²) in [7, 11) is 0. The van der Waals surface area contributed by atoms with Crippen LogP contribution in [0.15, 0.2) is 0 Å². The van der Waals surface area contributed by atoms with Crippen molar-refractivity contribution in [2.45, 2.75) is 78.4 Å². The van der Waals surface area contributed by atoms with E-state index in [0.717, 1.165) is 6.04 Å². The maximum atomic E-state index is 2.72. The molecule has 0 spiro atoms. The van der Waals surface area contributed by atoms with Crippen LogP contribution >= 0.6 is 0 Å². The molecule has 1 unspecified atom stereocenters. The molecular weight excluding hydrogens is 208 g/mol. The minimum Gasteiger partial charge on any atom is -0.299 e. The van der Waals surface area contributed by atoms with Gasteiger partial charge in [0.1, 0.15) is 0 Å². The van der Waals surface area contributed by atoms with Gasteiger partial charge in [-0.3, -0.25) is 9.80 Å². The zero-order valence-corrected chi connectivity index (χ0v) is 12.6. The van der Waals surface area contributed by atoms with Crippen LogP contribution in [-0.4, -0.2) is 47.6 Å². The molecule has 0 amide bonds. The quantitative estimate of drug-likeness (QED) is 0.702. The third kappa shape index (κ3) is 4.59. The Morgan fingerprint density at radius 3 is 2.29 bits per heavy atom. The minimum atomic E-state index is 0.667. The van der Waals surface area contributed by atoms with Gasteiger partial charge >= 0.3 is 0 Å². The minimum absolute atomic E-state index is 0.667. The summed E-state index contributed by atoms with van der Waals surface area (Å²) in [5.41, 5.74) is 0. The van der Waals surface area contributed by atoms with E-state index in [4.69, 9.17) is 0 Å². The molecule has 1 atom stereocenters. The molecule has 102 valence electrons. The highest BCUT2D eigenvalue weighted by atomic mass is 15.2. The first-order valence-corrected chi connectivity index (χ1v) is 7.56. The summed E-state index contributed by atoms with van der Waals surface area (Å²) in [5.74, 6) is 0. The van der Waals surface area contributed by atoms with Crippen LogP contribution in [0.25, 0.3) is 0 Å². The Balaban J connectivity index is 2.55. The van der Waals surface area contributed by atoms with E-state index in [2.05, 4.69) is 44.4 Å². The average molecular weight is 240 g/mol. The molecule has 0 aromatic heterocycles. The van der Waals surface area contributed by atoms with Gasteiger partial charge in [0.15, 0.2) is 0 Å². The molecule has 0 aromatic carbocycles. The van der Waals surface area contributed by atoms with Gasteiger partial charge in [0.25, 0.3) is 0 Å². The third-order valence-corrected chi connectivity index (χ3v) is 4.01. The van der Waals surface area contributed by atoms with Crippen molar-refractivity contribution in [1.29, 1.82) is 0 Å². The largest absolute Gasteiger partial charge is 0.299 e. The summed E-state index contributed by atoms with van der Waals surface area (Å²) >= 11 is 0. The van der Waals surface area contributed by atoms with Crippen LogP contribution in [0.5, 0.6) is 0 Å². The molecule has 0 saturated carbocycles. The Hall–Kier alpha value is -0.0800. The van der Waals surface area contributed by atoms with Gasteiger partial charge in [0.2, 0.25) is 0 Å². The van der Waals surface area contributed by atoms with Gasteiger partial charge in [-0.05, 0) is 60.0 Å². The lowest BCUT2D eigenvalue weighted by atomic mass is 10.00. The van der Waals surface area contributed by atoms with E-state index in [1.807, 2.05) is 0 Å². The lowest BCUT2D eigenvalue weighted by Gasteiger charge is -2.41. The van der Waals surface area contributed by atoms with E-state index in [-0.39, 0.29) is 0 Å². The first-order valence-electron chi connectivity index (χ1n) is 7.56. The van der Waals surface area contributed by atoms with Crippen molar-refractivity contribution < 1.29 is 0 Å². The SMILES string of the molecule is CCCN1CCCCC1CN(C(C)C)C(C)C. The topological polar surface area (TPSA) is 6.48 Å². The van der Waals surface area contributed by atoms with E-state index in [9.17, 15) is 0 Å². The zero-order valence-electron chi connectivity index (χ0n) is 12.6. The van der Waals surface area contributed by atoms with Crippen molar-refractivity contribution >= 4 is 0 Å². The molecule has 17 heavy (non-hydrogen) atoms. The molecule has 2 nitrogen and oxygen atoms in total. The standard InChI is InChI=1S/C15H32N2/c1-6-10-16-11-8-7-9-15(16)12-17(13(2)3)14(4)5/h13-15H,6-12H2,1-5H3. The van der Waals surface area contributed by atoms with Crippen LogP contribution in [0.4, 0.5) is 0 Å². The Morgan fingerprint density at radius 2 is 1.76 bits per heavy atom. The highest BCUT2D eigenvalue weighted by Crippen LogP contribution is 2.20. The number of likely N-dealkylation sites (tertiary alicyclic amines) is 1. The molecule has 1 saturated heterocycles.